The van der Waals surface area contributed by atoms with Crippen LogP contribution >= 0.6 is 0 Å². The quantitative estimate of drug-likeness (QED) is 0.519. The second kappa shape index (κ2) is 9.74. The molecule has 2 heterocycles. The number of allylic oxidation sites excluding steroid dienone is 1. The monoisotopic (exact) mass is 448 g/mol. The van der Waals surface area contributed by atoms with Crippen LogP contribution in [-0.4, -0.2) is 40.8 Å². The molecule has 0 N–H and O–H groups in total. The summed E-state index contributed by atoms with van der Waals surface area (Å²) < 4.78 is 0. The molecular weight excluding hydrogens is 408 g/mol. The number of carbonyl (C=O) groups excluding carboxylic acids is 2. The van der Waals surface area contributed by atoms with Crippen LogP contribution in [0.5, 0.6) is 0 Å². The Morgan fingerprint density at radius 3 is 2.12 bits per heavy atom. The SMILES string of the molecule is CC(=O)/C=C/c1ccccc1N(C(C)=O)[C@H]1C[C@H]2CCC[C@@H](C1)N2[C@H]1C[C@@H]2CCC[C@@H](C2)C1. The van der Waals surface area contributed by atoms with Crippen molar-refractivity contribution in [3.8, 4) is 0 Å². The molecule has 2 saturated carbocycles. The molecular formula is C29H40N2O2. The van der Waals surface area contributed by atoms with E-state index < -0.39 is 0 Å². The van der Waals surface area contributed by atoms with Crippen molar-refractivity contribution in [2.24, 2.45) is 11.8 Å². The number of para-hydroxylation sites is 1. The van der Waals surface area contributed by atoms with Gasteiger partial charge in [0, 0.05) is 31.1 Å². The number of benzene rings is 1. The van der Waals surface area contributed by atoms with Crippen molar-refractivity contribution in [3.63, 3.8) is 0 Å². The van der Waals surface area contributed by atoms with E-state index in [1.165, 1.54) is 57.8 Å². The van der Waals surface area contributed by atoms with Gasteiger partial charge in [-0.3, -0.25) is 14.5 Å². The van der Waals surface area contributed by atoms with Crippen LogP contribution in [0.3, 0.4) is 0 Å². The normalized spacial score (nSPS) is 34.2. The van der Waals surface area contributed by atoms with E-state index in [9.17, 15) is 9.59 Å². The zero-order chi connectivity index (χ0) is 22.9. The van der Waals surface area contributed by atoms with E-state index in [0.717, 1.165) is 42.0 Å². The first-order valence-corrected chi connectivity index (χ1v) is 13.3. The molecule has 2 saturated heterocycles. The largest absolute Gasteiger partial charge is 0.309 e. The first-order chi connectivity index (χ1) is 16.0. The van der Waals surface area contributed by atoms with Gasteiger partial charge in [-0.25, -0.2) is 0 Å². The van der Waals surface area contributed by atoms with Gasteiger partial charge in [0.2, 0.25) is 5.91 Å². The number of nitrogens with zero attached hydrogens (tertiary/aromatic N) is 2. The average Bonchev–Trinajstić information content (AvgIpc) is 2.77. The molecule has 4 nitrogen and oxygen atoms in total. The third kappa shape index (κ3) is 4.82. The van der Waals surface area contributed by atoms with Crippen LogP contribution in [0.1, 0.15) is 90.0 Å². The van der Waals surface area contributed by atoms with E-state index >= 15 is 0 Å². The molecule has 4 heteroatoms. The van der Waals surface area contributed by atoms with Crippen molar-refractivity contribution in [2.75, 3.05) is 4.90 Å². The van der Waals surface area contributed by atoms with Crippen LogP contribution in [0.2, 0.25) is 0 Å². The Labute approximate surface area is 199 Å². The van der Waals surface area contributed by atoms with E-state index in [1.54, 1.807) is 19.9 Å². The lowest BCUT2D eigenvalue weighted by molar-refractivity contribution is -0.118. The minimum Gasteiger partial charge on any atom is -0.309 e. The van der Waals surface area contributed by atoms with Crippen molar-refractivity contribution in [3.05, 3.63) is 35.9 Å². The molecule has 2 aliphatic heterocycles. The molecule has 0 spiro atoms. The Morgan fingerprint density at radius 2 is 1.48 bits per heavy atom. The van der Waals surface area contributed by atoms with E-state index in [4.69, 9.17) is 0 Å². The molecule has 5 rings (SSSR count). The summed E-state index contributed by atoms with van der Waals surface area (Å²) in [5, 5.41) is 0. The Morgan fingerprint density at radius 1 is 0.848 bits per heavy atom. The lowest BCUT2D eigenvalue weighted by Gasteiger charge is -2.56. The van der Waals surface area contributed by atoms with E-state index in [2.05, 4.69) is 9.80 Å². The summed E-state index contributed by atoms with van der Waals surface area (Å²) in [6, 6.07) is 10.3. The zero-order valence-corrected chi connectivity index (χ0v) is 20.4. The highest BCUT2D eigenvalue weighted by Crippen LogP contribution is 2.46. The van der Waals surface area contributed by atoms with Gasteiger partial charge in [-0.05, 0) is 87.5 Å². The number of piperidine rings is 2. The highest BCUT2D eigenvalue weighted by Gasteiger charge is 2.46. The minimum atomic E-state index is 0.0271. The molecule has 6 atom stereocenters. The molecule has 2 aliphatic carbocycles. The number of carbonyl (C=O) groups is 2. The van der Waals surface area contributed by atoms with E-state index in [0.29, 0.717) is 12.1 Å². The maximum atomic E-state index is 13.0. The van der Waals surface area contributed by atoms with Crippen LogP contribution in [0.15, 0.2) is 30.3 Å². The van der Waals surface area contributed by atoms with Crippen LogP contribution in [0, 0.1) is 11.8 Å². The van der Waals surface area contributed by atoms with Gasteiger partial charge < -0.3 is 4.90 Å². The third-order valence-electron chi connectivity index (χ3n) is 8.93. The first-order valence-electron chi connectivity index (χ1n) is 13.3. The second-order valence-corrected chi connectivity index (χ2v) is 11.2. The number of hydrogen-bond acceptors (Lipinski definition) is 3. The summed E-state index contributed by atoms with van der Waals surface area (Å²) in [4.78, 5) is 29.5. The van der Waals surface area contributed by atoms with Crippen molar-refractivity contribution in [1.29, 1.82) is 0 Å². The second-order valence-electron chi connectivity index (χ2n) is 11.2. The van der Waals surface area contributed by atoms with Crippen molar-refractivity contribution < 1.29 is 9.59 Å². The lowest BCUT2D eigenvalue weighted by atomic mass is 9.68. The lowest BCUT2D eigenvalue weighted by Crippen LogP contribution is -2.61. The molecule has 4 bridgehead atoms. The predicted molar refractivity (Wildman–Crippen MR) is 134 cm³/mol. The minimum absolute atomic E-state index is 0.0271. The molecule has 0 unspecified atom stereocenters. The summed E-state index contributed by atoms with van der Waals surface area (Å²) in [6.07, 6.45) is 18.1. The Balaban J connectivity index is 1.39. The van der Waals surface area contributed by atoms with Gasteiger partial charge in [0.15, 0.2) is 5.78 Å². The molecule has 1 aromatic carbocycles. The molecule has 1 amide bonds. The highest BCUT2D eigenvalue weighted by atomic mass is 16.2. The third-order valence-corrected chi connectivity index (χ3v) is 8.93. The fourth-order valence-electron chi connectivity index (χ4n) is 7.81. The van der Waals surface area contributed by atoms with Gasteiger partial charge in [-0.2, -0.15) is 0 Å². The number of anilines is 1. The van der Waals surface area contributed by atoms with Crippen LogP contribution < -0.4 is 4.90 Å². The Hall–Kier alpha value is -1.94. The van der Waals surface area contributed by atoms with Gasteiger partial charge >= 0.3 is 0 Å². The molecule has 1 aromatic rings. The average molecular weight is 449 g/mol. The van der Waals surface area contributed by atoms with Crippen molar-refractivity contribution in [1.82, 2.24) is 4.90 Å². The van der Waals surface area contributed by atoms with Crippen LogP contribution in [0.4, 0.5) is 5.69 Å². The summed E-state index contributed by atoms with van der Waals surface area (Å²) in [5.74, 6) is 2.05. The van der Waals surface area contributed by atoms with E-state index in [-0.39, 0.29) is 17.7 Å². The summed E-state index contributed by atoms with van der Waals surface area (Å²) >= 11 is 0. The maximum absolute atomic E-state index is 13.0. The fourth-order valence-corrected chi connectivity index (χ4v) is 7.81. The topological polar surface area (TPSA) is 40.6 Å². The zero-order valence-electron chi connectivity index (χ0n) is 20.4. The summed E-state index contributed by atoms with van der Waals surface area (Å²) in [6.45, 7) is 3.27. The Bertz CT molecular complexity index is 883. The van der Waals surface area contributed by atoms with Crippen molar-refractivity contribution >= 4 is 23.5 Å². The first kappa shape index (κ1) is 22.8. The van der Waals surface area contributed by atoms with Crippen molar-refractivity contribution in [2.45, 2.75) is 109 Å². The maximum Gasteiger partial charge on any atom is 0.224 e. The molecule has 4 fully saturated rings. The number of amides is 1. The molecule has 4 aliphatic rings. The predicted octanol–water partition coefficient (Wildman–Crippen LogP) is 6.00. The number of rotatable bonds is 5. The molecule has 33 heavy (non-hydrogen) atoms. The number of fused-ring (bicyclic) bond motifs is 4. The van der Waals surface area contributed by atoms with Crippen LogP contribution in [-0.2, 0) is 9.59 Å². The van der Waals surface area contributed by atoms with Crippen LogP contribution in [0.25, 0.3) is 6.08 Å². The molecule has 0 radical (unpaired) electrons. The van der Waals surface area contributed by atoms with Gasteiger partial charge in [0.1, 0.15) is 0 Å². The van der Waals surface area contributed by atoms with Gasteiger partial charge in [-0.15, -0.1) is 0 Å². The molecule has 0 aromatic heterocycles. The van der Waals surface area contributed by atoms with Gasteiger partial charge in [0.05, 0.1) is 5.69 Å². The van der Waals surface area contributed by atoms with Gasteiger partial charge in [-0.1, -0.05) is 43.9 Å². The fraction of sp³-hybridized carbons (Fsp3) is 0.655. The van der Waals surface area contributed by atoms with E-state index in [1.807, 2.05) is 30.3 Å². The number of hydrogen-bond donors (Lipinski definition) is 0. The molecule has 178 valence electrons. The summed E-state index contributed by atoms with van der Waals surface area (Å²) in [5.41, 5.74) is 1.90. The summed E-state index contributed by atoms with van der Waals surface area (Å²) in [7, 11) is 0. The van der Waals surface area contributed by atoms with Gasteiger partial charge in [0.25, 0.3) is 0 Å². The smallest absolute Gasteiger partial charge is 0.224 e. The standard InChI is InChI=1S/C29H40N2O2/c1-20(32)13-14-24-9-3-4-12-29(24)30(21(2)33)28-18-25-10-6-11-26(19-28)31(25)27-16-22-7-5-8-23(15-22)17-27/h3-4,9,12-14,22-23,25-28H,5-8,10-11,15-19H2,1-2H3/b14-13+/t22-,23+,25-,26+,27+,28+. The highest BCUT2D eigenvalue weighted by molar-refractivity contribution is 5.97. The number of ketones is 1. The Kier molecular flexibility index (Phi) is 6.74.